The van der Waals surface area contributed by atoms with Crippen molar-refractivity contribution in [3.8, 4) is 0 Å². The van der Waals surface area contributed by atoms with Crippen LogP contribution in [0.1, 0.15) is 25.2 Å². The van der Waals surface area contributed by atoms with E-state index in [2.05, 4.69) is 45.2 Å². The molecule has 134 valence electrons. The van der Waals surface area contributed by atoms with E-state index in [1.807, 2.05) is 36.4 Å². The van der Waals surface area contributed by atoms with Crippen molar-refractivity contribution in [1.82, 2.24) is 5.43 Å². The van der Waals surface area contributed by atoms with E-state index < -0.39 is 0 Å². The van der Waals surface area contributed by atoms with Crippen LogP contribution in [-0.4, -0.2) is 31.0 Å². The maximum Gasteiger partial charge on any atom is 0.250 e. The van der Waals surface area contributed by atoms with Gasteiger partial charge in [-0.15, -0.1) is 11.8 Å². The predicted molar refractivity (Wildman–Crippen MR) is 108 cm³/mol. The molecule has 7 heteroatoms. The van der Waals surface area contributed by atoms with Gasteiger partial charge in [-0.3, -0.25) is 4.79 Å². The molecule has 0 saturated heterocycles. The number of rotatable bonds is 9. The SMILES string of the molecule is CCN(CC)c1ccc(/C=N\NC(=O)CSCc2cccc(Br)c2)o1. The Morgan fingerprint density at radius 1 is 1.32 bits per heavy atom. The van der Waals surface area contributed by atoms with Crippen LogP contribution in [0.4, 0.5) is 5.88 Å². The number of thioether (sulfide) groups is 1. The number of nitrogens with zero attached hydrogens (tertiary/aromatic N) is 2. The third-order valence-corrected chi connectivity index (χ3v) is 4.96. The van der Waals surface area contributed by atoms with Crippen molar-refractivity contribution in [3.05, 3.63) is 52.2 Å². The van der Waals surface area contributed by atoms with Crippen LogP contribution in [0.3, 0.4) is 0 Å². The number of carbonyl (C=O) groups is 1. The number of hydrogen-bond donors (Lipinski definition) is 1. The fraction of sp³-hybridized carbons (Fsp3) is 0.333. The molecule has 0 aliphatic carbocycles. The molecule has 2 aromatic rings. The van der Waals surface area contributed by atoms with Crippen LogP contribution in [0.15, 0.2) is 50.4 Å². The Morgan fingerprint density at radius 2 is 2.12 bits per heavy atom. The van der Waals surface area contributed by atoms with Crippen LogP contribution in [0, 0.1) is 0 Å². The van der Waals surface area contributed by atoms with Crippen LogP contribution >= 0.6 is 27.7 Å². The van der Waals surface area contributed by atoms with E-state index in [0.29, 0.717) is 11.5 Å². The maximum absolute atomic E-state index is 11.8. The number of halogens is 1. The Balaban J connectivity index is 1.73. The molecule has 1 aromatic carbocycles. The molecule has 0 fully saturated rings. The highest BCUT2D eigenvalue weighted by molar-refractivity contribution is 9.10. The molecular formula is C18H22BrN3O2S. The smallest absolute Gasteiger partial charge is 0.250 e. The summed E-state index contributed by atoms with van der Waals surface area (Å²) in [5.74, 6) is 2.42. The number of carbonyl (C=O) groups excluding carboxylic acids is 1. The monoisotopic (exact) mass is 423 g/mol. The van der Waals surface area contributed by atoms with E-state index >= 15 is 0 Å². The molecule has 2 rings (SSSR count). The summed E-state index contributed by atoms with van der Waals surface area (Å²) in [5.41, 5.74) is 3.70. The molecule has 0 radical (unpaired) electrons. The molecule has 0 spiro atoms. The van der Waals surface area contributed by atoms with E-state index in [1.54, 1.807) is 11.8 Å². The molecule has 0 atom stereocenters. The Bertz CT molecular complexity index is 714. The minimum absolute atomic E-state index is 0.133. The highest BCUT2D eigenvalue weighted by Crippen LogP contribution is 2.17. The first kappa shape index (κ1) is 19.6. The Morgan fingerprint density at radius 3 is 2.84 bits per heavy atom. The second-order valence-electron chi connectivity index (χ2n) is 5.26. The van der Waals surface area contributed by atoms with Gasteiger partial charge in [-0.25, -0.2) is 5.43 Å². The maximum atomic E-state index is 11.8. The first-order valence-electron chi connectivity index (χ1n) is 8.11. The zero-order valence-electron chi connectivity index (χ0n) is 14.4. The lowest BCUT2D eigenvalue weighted by molar-refractivity contribution is -0.118. The number of hydrogen-bond acceptors (Lipinski definition) is 5. The van der Waals surface area contributed by atoms with Gasteiger partial charge in [0, 0.05) is 29.4 Å². The number of hydrazone groups is 1. The zero-order chi connectivity index (χ0) is 18.1. The predicted octanol–water partition coefficient (Wildman–Crippen LogP) is 4.27. The topological polar surface area (TPSA) is 57.8 Å². The van der Waals surface area contributed by atoms with E-state index in [4.69, 9.17) is 4.42 Å². The third kappa shape index (κ3) is 6.59. The molecule has 5 nitrogen and oxygen atoms in total. The summed E-state index contributed by atoms with van der Waals surface area (Å²) in [6.45, 7) is 5.91. The molecule has 1 heterocycles. The zero-order valence-corrected chi connectivity index (χ0v) is 16.8. The minimum atomic E-state index is -0.133. The van der Waals surface area contributed by atoms with Crippen molar-refractivity contribution < 1.29 is 9.21 Å². The fourth-order valence-electron chi connectivity index (χ4n) is 2.21. The lowest BCUT2D eigenvalue weighted by Gasteiger charge is -2.16. The Hall–Kier alpha value is -1.73. The molecule has 0 bridgehead atoms. The van der Waals surface area contributed by atoms with Crippen molar-refractivity contribution in [2.24, 2.45) is 5.10 Å². The lowest BCUT2D eigenvalue weighted by Crippen LogP contribution is -2.21. The van der Waals surface area contributed by atoms with Crippen LogP contribution in [0.25, 0.3) is 0 Å². The first-order chi connectivity index (χ1) is 12.1. The third-order valence-electron chi connectivity index (χ3n) is 3.46. The van der Waals surface area contributed by atoms with Gasteiger partial charge in [0.2, 0.25) is 5.91 Å². The second kappa shape index (κ2) is 10.3. The number of nitrogens with one attached hydrogen (secondary N) is 1. The van der Waals surface area contributed by atoms with E-state index in [1.165, 1.54) is 11.8 Å². The standard InChI is InChI=1S/C18H22BrN3O2S/c1-3-22(4-2)18-9-8-16(24-18)11-20-21-17(23)13-25-12-14-6-5-7-15(19)10-14/h5-11H,3-4,12-13H2,1-2H3,(H,21,23)/b20-11-. The summed E-state index contributed by atoms with van der Waals surface area (Å²) >= 11 is 4.99. The molecule has 1 N–H and O–H groups in total. The van der Waals surface area contributed by atoms with Gasteiger partial charge >= 0.3 is 0 Å². The minimum Gasteiger partial charge on any atom is -0.440 e. The number of benzene rings is 1. The normalized spacial score (nSPS) is 11.0. The van der Waals surface area contributed by atoms with Gasteiger partial charge in [-0.1, -0.05) is 28.1 Å². The van der Waals surface area contributed by atoms with Gasteiger partial charge < -0.3 is 9.32 Å². The summed E-state index contributed by atoms with van der Waals surface area (Å²) in [7, 11) is 0. The van der Waals surface area contributed by atoms with Crippen molar-refractivity contribution in [1.29, 1.82) is 0 Å². The van der Waals surface area contributed by atoms with E-state index in [9.17, 15) is 4.79 Å². The fourth-order valence-corrected chi connectivity index (χ4v) is 3.42. The molecule has 0 aliphatic heterocycles. The molecule has 1 aromatic heterocycles. The largest absolute Gasteiger partial charge is 0.440 e. The summed E-state index contributed by atoms with van der Waals surface area (Å²) in [4.78, 5) is 13.9. The average molecular weight is 424 g/mol. The molecule has 0 aliphatic rings. The van der Waals surface area contributed by atoms with E-state index in [-0.39, 0.29) is 5.91 Å². The first-order valence-corrected chi connectivity index (χ1v) is 10.1. The van der Waals surface area contributed by atoms with Crippen molar-refractivity contribution in [3.63, 3.8) is 0 Å². The number of furan rings is 1. The van der Waals surface area contributed by atoms with Gasteiger partial charge in [0.1, 0.15) is 5.76 Å². The average Bonchev–Trinajstić information content (AvgIpc) is 3.05. The van der Waals surface area contributed by atoms with Gasteiger partial charge in [0.15, 0.2) is 5.88 Å². The summed E-state index contributed by atoms with van der Waals surface area (Å²) in [6.07, 6.45) is 1.52. The van der Waals surface area contributed by atoms with Gasteiger partial charge in [-0.2, -0.15) is 5.10 Å². The van der Waals surface area contributed by atoms with E-state index in [0.717, 1.165) is 29.2 Å². The molecular weight excluding hydrogens is 402 g/mol. The summed E-state index contributed by atoms with van der Waals surface area (Å²) in [6, 6.07) is 11.8. The van der Waals surface area contributed by atoms with Crippen LogP contribution in [0.5, 0.6) is 0 Å². The lowest BCUT2D eigenvalue weighted by atomic mass is 10.2. The summed E-state index contributed by atoms with van der Waals surface area (Å²) in [5, 5.41) is 3.95. The van der Waals surface area contributed by atoms with Crippen LogP contribution in [-0.2, 0) is 10.5 Å². The highest BCUT2D eigenvalue weighted by atomic mass is 79.9. The Labute approximate surface area is 161 Å². The molecule has 25 heavy (non-hydrogen) atoms. The second-order valence-corrected chi connectivity index (χ2v) is 7.17. The highest BCUT2D eigenvalue weighted by Gasteiger charge is 2.06. The van der Waals surface area contributed by atoms with Gasteiger partial charge in [-0.05, 0) is 37.6 Å². The quantitative estimate of drug-likeness (QED) is 0.483. The van der Waals surface area contributed by atoms with Crippen molar-refractivity contribution >= 4 is 45.7 Å². The Kier molecular flexibility index (Phi) is 8.08. The van der Waals surface area contributed by atoms with Gasteiger partial charge in [0.25, 0.3) is 0 Å². The number of amides is 1. The van der Waals surface area contributed by atoms with Crippen molar-refractivity contribution in [2.75, 3.05) is 23.7 Å². The molecule has 0 unspecified atom stereocenters. The number of anilines is 1. The molecule has 0 saturated carbocycles. The summed E-state index contributed by atoms with van der Waals surface area (Å²) < 4.78 is 6.72. The van der Waals surface area contributed by atoms with Crippen LogP contribution < -0.4 is 10.3 Å². The molecule has 1 amide bonds. The van der Waals surface area contributed by atoms with Gasteiger partial charge in [0.05, 0.1) is 12.0 Å². The van der Waals surface area contributed by atoms with Crippen molar-refractivity contribution in [2.45, 2.75) is 19.6 Å². The van der Waals surface area contributed by atoms with Crippen LogP contribution in [0.2, 0.25) is 0 Å².